The molecular formula is C25H31FN2O3. The zero-order chi connectivity index (χ0) is 22.0. The van der Waals surface area contributed by atoms with Crippen molar-refractivity contribution in [3.05, 3.63) is 59.4 Å². The average Bonchev–Trinajstić information content (AvgIpc) is 2.74. The van der Waals surface area contributed by atoms with E-state index in [-0.39, 0.29) is 29.3 Å². The van der Waals surface area contributed by atoms with Gasteiger partial charge in [-0.1, -0.05) is 12.1 Å². The van der Waals surface area contributed by atoms with E-state index in [1.807, 2.05) is 44.2 Å². The lowest BCUT2D eigenvalue weighted by atomic mass is 9.88. The first kappa shape index (κ1) is 21.6. The molecule has 0 unspecified atom stereocenters. The lowest BCUT2D eigenvalue weighted by Gasteiger charge is -2.39. The molecule has 0 aliphatic carbocycles. The fourth-order valence-corrected chi connectivity index (χ4v) is 4.64. The molecule has 0 aromatic heterocycles. The predicted molar refractivity (Wildman–Crippen MR) is 118 cm³/mol. The standard InChI is InChI=1S/C25H31FN2O3/c1-25(2)14-22(21-13-20(30-3)10-11-23(21)31-25)27-24(29)18-5-4-12-28(16-18)15-17-6-8-19(26)9-7-17/h6-11,13,18,22H,4-5,12,14-16H2,1-3H3,(H,27,29)/t18-,22+/m0/s1. The minimum Gasteiger partial charge on any atom is -0.497 e. The summed E-state index contributed by atoms with van der Waals surface area (Å²) in [6.45, 7) is 6.48. The number of fused-ring (bicyclic) bond motifs is 1. The highest BCUT2D eigenvalue weighted by atomic mass is 19.1. The predicted octanol–water partition coefficient (Wildman–Crippen LogP) is 4.46. The van der Waals surface area contributed by atoms with Crippen molar-refractivity contribution in [1.29, 1.82) is 0 Å². The van der Waals surface area contributed by atoms with Crippen molar-refractivity contribution in [2.45, 2.75) is 51.3 Å². The van der Waals surface area contributed by atoms with Crippen molar-refractivity contribution in [2.24, 2.45) is 5.92 Å². The van der Waals surface area contributed by atoms with Crippen LogP contribution in [0.4, 0.5) is 4.39 Å². The fraction of sp³-hybridized carbons (Fsp3) is 0.480. The highest BCUT2D eigenvalue weighted by Crippen LogP contribution is 2.41. The molecule has 0 radical (unpaired) electrons. The molecule has 1 fully saturated rings. The van der Waals surface area contributed by atoms with E-state index < -0.39 is 0 Å². The summed E-state index contributed by atoms with van der Waals surface area (Å²) >= 11 is 0. The third-order valence-corrected chi connectivity index (χ3v) is 6.19. The van der Waals surface area contributed by atoms with Crippen LogP contribution >= 0.6 is 0 Å². The normalized spacial score (nSPS) is 22.8. The van der Waals surface area contributed by atoms with E-state index in [4.69, 9.17) is 9.47 Å². The number of benzene rings is 2. The van der Waals surface area contributed by atoms with Crippen molar-refractivity contribution in [3.63, 3.8) is 0 Å². The molecule has 166 valence electrons. The monoisotopic (exact) mass is 426 g/mol. The first-order chi connectivity index (χ1) is 14.8. The maximum absolute atomic E-state index is 13.2. The van der Waals surface area contributed by atoms with E-state index in [1.54, 1.807) is 7.11 Å². The van der Waals surface area contributed by atoms with E-state index >= 15 is 0 Å². The number of nitrogens with zero attached hydrogens (tertiary/aromatic N) is 1. The molecule has 2 aromatic rings. The number of likely N-dealkylation sites (tertiary alicyclic amines) is 1. The molecule has 4 rings (SSSR count). The van der Waals surface area contributed by atoms with Gasteiger partial charge in [0.15, 0.2) is 0 Å². The number of rotatable bonds is 5. The maximum Gasteiger partial charge on any atom is 0.224 e. The lowest BCUT2D eigenvalue weighted by Crippen LogP contribution is -2.46. The van der Waals surface area contributed by atoms with Gasteiger partial charge in [-0.05, 0) is 69.1 Å². The average molecular weight is 427 g/mol. The molecule has 1 amide bonds. The molecule has 5 nitrogen and oxygen atoms in total. The number of amides is 1. The van der Waals surface area contributed by atoms with Crippen LogP contribution in [-0.2, 0) is 11.3 Å². The van der Waals surface area contributed by atoms with Crippen molar-refractivity contribution < 1.29 is 18.7 Å². The maximum atomic E-state index is 13.2. The van der Waals surface area contributed by atoms with Gasteiger partial charge in [0.25, 0.3) is 0 Å². The van der Waals surface area contributed by atoms with Crippen LogP contribution in [0.5, 0.6) is 11.5 Å². The first-order valence-corrected chi connectivity index (χ1v) is 11.0. The molecule has 31 heavy (non-hydrogen) atoms. The SMILES string of the molecule is COc1ccc2c(c1)[C@H](NC(=O)[C@H]1CCCN(Cc3ccc(F)cc3)C1)CC(C)(C)O2. The lowest BCUT2D eigenvalue weighted by molar-refractivity contribution is -0.128. The van der Waals surface area contributed by atoms with Gasteiger partial charge in [-0.15, -0.1) is 0 Å². The number of carbonyl (C=O) groups is 1. The zero-order valence-electron chi connectivity index (χ0n) is 18.5. The largest absolute Gasteiger partial charge is 0.497 e. The van der Waals surface area contributed by atoms with Crippen LogP contribution in [0.15, 0.2) is 42.5 Å². The Morgan fingerprint density at radius 3 is 2.77 bits per heavy atom. The Morgan fingerprint density at radius 1 is 1.26 bits per heavy atom. The Kier molecular flexibility index (Phi) is 6.19. The molecule has 0 spiro atoms. The minimum atomic E-state index is -0.360. The van der Waals surface area contributed by atoms with Gasteiger partial charge < -0.3 is 14.8 Å². The van der Waals surface area contributed by atoms with E-state index in [2.05, 4.69) is 10.2 Å². The van der Waals surface area contributed by atoms with Crippen LogP contribution < -0.4 is 14.8 Å². The van der Waals surface area contributed by atoms with E-state index in [9.17, 15) is 9.18 Å². The number of hydrogen-bond acceptors (Lipinski definition) is 4. The van der Waals surface area contributed by atoms with Gasteiger partial charge in [0.05, 0.1) is 19.1 Å². The Bertz CT molecular complexity index is 929. The molecule has 2 aromatic carbocycles. The number of halogens is 1. The van der Waals surface area contributed by atoms with Gasteiger partial charge in [-0.25, -0.2) is 4.39 Å². The Labute approximate surface area is 183 Å². The second-order valence-corrected chi connectivity index (χ2v) is 9.23. The molecule has 2 aliphatic rings. The van der Waals surface area contributed by atoms with Crippen molar-refractivity contribution in [2.75, 3.05) is 20.2 Å². The van der Waals surface area contributed by atoms with Gasteiger partial charge in [0.1, 0.15) is 22.9 Å². The Morgan fingerprint density at radius 2 is 2.03 bits per heavy atom. The van der Waals surface area contributed by atoms with Gasteiger partial charge in [-0.3, -0.25) is 9.69 Å². The first-order valence-electron chi connectivity index (χ1n) is 11.0. The summed E-state index contributed by atoms with van der Waals surface area (Å²) in [5, 5.41) is 3.29. The van der Waals surface area contributed by atoms with Crippen LogP contribution in [0.1, 0.15) is 50.3 Å². The van der Waals surface area contributed by atoms with Crippen LogP contribution in [0.3, 0.4) is 0 Å². The fourth-order valence-electron chi connectivity index (χ4n) is 4.64. The number of carbonyl (C=O) groups excluding carboxylic acids is 1. The zero-order valence-corrected chi connectivity index (χ0v) is 18.5. The molecule has 2 aliphatic heterocycles. The molecule has 0 bridgehead atoms. The van der Waals surface area contributed by atoms with Crippen LogP contribution in [0.2, 0.25) is 0 Å². The number of ether oxygens (including phenoxy) is 2. The number of nitrogens with one attached hydrogen (secondary N) is 1. The van der Waals surface area contributed by atoms with Crippen LogP contribution in [0.25, 0.3) is 0 Å². The topological polar surface area (TPSA) is 50.8 Å². The minimum absolute atomic E-state index is 0.0609. The van der Waals surface area contributed by atoms with E-state index in [0.29, 0.717) is 13.0 Å². The highest BCUT2D eigenvalue weighted by Gasteiger charge is 2.36. The number of hydrogen-bond donors (Lipinski definition) is 1. The molecule has 1 saturated heterocycles. The van der Waals surface area contributed by atoms with Gasteiger partial charge in [0.2, 0.25) is 5.91 Å². The third kappa shape index (κ3) is 5.18. The molecular weight excluding hydrogens is 395 g/mol. The smallest absolute Gasteiger partial charge is 0.224 e. The summed E-state index contributed by atoms with van der Waals surface area (Å²) in [6, 6.07) is 12.2. The Balaban J connectivity index is 1.44. The summed E-state index contributed by atoms with van der Waals surface area (Å²) in [6.07, 6.45) is 2.55. The van der Waals surface area contributed by atoms with Crippen LogP contribution in [-0.4, -0.2) is 36.6 Å². The van der Waals surface area contributed by atoms with E-state index in [1.165, 1.54) is 12.1 Å². The molecule has 6 heteroatoms. The summed E-state index contributed by atoms with van der Waals surface area (Å²) in [5.74, 6) is 1.35. The quantitative estimate of drug-likeness (QED) is 0.767. The summed E-state index contributed by atoms with van der Waals surface area (Å²) in [4.78, 5) is 15.5. The summed E-state index contributed by atoms with van der Waals surface area (Å²) in [7, 11) is 1.64. The van der Waals surface area contributed by atoms with Crippen LogP contribution in [0, 0.1) is 11.7 Å². The number of piperidine rings is 1. The highest BCUT2D eigenvalue weighted by molar-refractivity contribution is 5.79. The molecule has 0 saturated carbocycles. The van der Waals surface area contributed by atoms with Gasteiger partial charge in [0, 0.05) is 25.1 Å². The summed E-state index contributed by atoms with van der Waals surface area (Å²) in [5.41, 5.74) is 1.67. The van der Waals surface area contributed by atoms with Crippen molar-refractivity contribution in [3.8, 4) is 11.5 Å². The summed E-state index contributed by atoms with van der Waals surface area (Å²) < 4.78 is 24.7. The second kappa shape index (κ2) is 8.87. The van der Waals surface area contributed by atoms with E-state index in [0.717, 1.165) is 48.6 Å². The molecule has 2 heterocycles. The van der Waals surface area contributed by atoms with Crippen molar-refractivity contribution >= 4 is 5.91 Å². The van der Waals surface area contributed by atoms with Crippen molar-refractivity contribution in [1.82, 2.24) is 10.2 Å². The third-order valence-electron chi connectivity index (χ3n) is 6.19. The molecule has 1 N–H and O–H groups in total. The molecule has 2 atom stereocenters. The van der Waals surface area contributed by atoms with Gasteiger partial charge >= 0.3 is 0 Å². The number of methoxy groups -OCH3 is 1. The second-order valence-electron chi connectivity index (χ2n) is 9.23. The Hall–Kier alpha value is -2.60. The van der Waals surface area contributed by atoms with Gasteiger partial charge in [-0.2, -0.15) is 0 Å².